The number of rotatable bonds is 7. The van der Waals surface area contributed by atoms with Crippen molar-refractivity contribution in [3.63, 3.8) is 0 Å². The Hall–Kier alpha value is -1.62. The summed E-state index contributed by atoms with van der Waals surface area (Å²) in [7, 11) is 1.78. The lowest BCUT2D eigenvalue weighted by Gasteiger charge is -2.26. The number of carbonyl (C=O) groups is 1. The molecule has 0 unspecified atom stereocenters. The lowest BCUT2D eigenvalue weighted by atomic mass is 10.1. The summed E-state index contributed by atoms with van der Waals surface area (Å²) in [6.45, 7) is 7.10. The summed E-state index contributed by atoms with van der Waals surface area (Å²) < 4.78 is 13.9. The number of amides is 1. The van der Waals surface area contributed by atoms with Crippen LogP contribution in [0, 0.1) is 5.82 Å². The van der Waals surface area contributed by atoms with Crippen molar-refractivity contribution in [3.05, 3.63) is 29.6 Å². The van der Waals surface area contributed by atoms with E-state index in [1.165, 1.54) is 6.07 Å². The molecule has 112 valence electrons. The van der Waals surface area contributed by atoms with Gasteiger partial charge in [-0.25, -0.2) is 4.39 Å². The molecular weight excluding hydrogens is 257 g/mol. The highest BCUT2D eigenvalue weighted by atomic mass is 19.1. The first-order valence-corrected chi connectivity index (χ1v) is 6.95. The highest BCUT2D eigenvalue weighted by Gasteiger charge is 2.16. The first-order valence-electron chi connectivity index (χ1n) is 6.95. The van der Waals surface area contributed by atoms with Crippen LogP contribution >= 0.6 is 0 Å². The van der Waals surface area contributed by atoms with Crippen LogP contribution < -0.4 is 15.5 Å². The largest absolute Gasteiger partial charge is 0.362 e. The monoisotopic (exact) mass is 281 g/mol. The fourth-order valence-corrected chi connectivity index (χ4v) is 2.10. The minimum absolute atomic E-state index is 0.0541. The molecule has 0 atom stereocenters. The Kier molecular flexibility index (Phi) is 6.45. The maximum absolute atomic E-state index is 13.9. The van der Waals surface area contributed by atoms with E-state index in [0.717, 1.165) is 5.69 Å². The van der Waals surface area contributed by atoms with Gasteiger partial charge in [-0.3, -0.25) is 4.79 Å². The number of nitrogens with zero attached hydrogens (tertiary/aromatic N) is 1. The Bertz CT molecular complexity index is 449. The van der Waals surface area contributed by atoms with Gasteiger partial charge in [0.1, 0.15) is 5.82 Å². The van der Waals surface area contributed by atoms with Crippen LogP contribution in [0.25, 0.3) is 0 Å². The van der Waals surface area contributed by atoms with Gasteiger partial charge >= 0.3 is 0 Å². The van der Waals surface area contributed by atoms with E-state index < -0.39 is 0 Å². The Morgan fingerprint density at radius 2 is 2.10 bits per heavy atom. The Labute approximate surface area is 120 Å². The van der Waals surface area contributed by atoms with Crippen LogP contribution in [0.15, 0.2) is 18.2 Å². The van der Waals surface area contributed by atoms with Crippen molar-refractivity contribution >= 4 is 11.6 Å². The van der Waals surface area contributed by atoms with Crippen molar-refractivity contribution < 1.29 is 9.18 Å². The molecule has 0 radical (unpaired) electrons. The van der Waals surface area contributed by atoms with Crippen LogP contribution in [-0.4, -0.2) is 32.1 Å². The van der Waals surface area contributed by atoms with Crippen molar-refractivity contribution in [2.75, 3.05) is 25.0 Å². The maximum atomic E-state index is 13.9. The number of anilines is 1. The third kappa shape index (κ3) is 4.49. The van der Waals surface area contributed by atoms with E-state index in [4.69, 9.17) is 0 Å². The molecule has 0 spiro atoms. The van der Waals surface area contributed by atoms with E-state index in [1.54, 1.807) is 13.1 Å². The third-order valence-electron chi connectivity index (χ3n) is 2.95. The van der Waals surface area contributed by atoms with Crippen molar-refractivity contribution in [2.45, 2.75) is 33.4 Å². The Morgan fingerprint density at radius 1 is 1.40 bits per heavy atom. The van der Waals surface area contributed by atoms with E-state index in [9.17, 15) is 9.18 Å². The molecule has 0 aliphatic rings. The molecule has 0 bridgehead atoms. The number of nitrogens with one attached hydrogen (secondary N) is 2. The molecule has 1 amide bonds. The number of benzene rings is 1. The molecule has 0 fully saturated rings. The quantitative estimate of drug-likeness (QED) is 0.802. The molecule has 0 aliphatic heterocycles. The fraction of sp³-hybridized carbons (Fsp3) is 0.533. The second-order valence-electron chi connectivity index (χ2n) is 5.00. The first-order chi connectivity index (χ1) is 9.49. The molecule has 0 heterocycles. The van der Waals surface area contributed by atoms with Gasteiger partial charge in [0.05, 0.1) is 6.54 Å². The van der Waals surface area contributed by atoms with Gasteiger partial charge in [0.2, 0.25) is 5.91 Å². The van der Waals surface area contributed by atoms with Gasteiger partial charge in [0.25, 0.3) is 0 Å². The molecule has 20 heavy (non-hydrogen) atoms. The van der Waals surface area contributed by atoms with Crippen LogP contribution in [0.4, 0.5) is 10.1 Å². The van der Waals surface area contributed by atoms with E-state index in [2.05, 4.69) is 10.6 Å². The minimum atomic E-state index is -0.250. The average molecular weight is 281 g/mol. The van der Waals surface area contributed by atoms with Crippen molar-refractivity contribution in [3.8, 4) is 0 Å². The first kappa shape index (κ1) is 16.4. The van der Waals surface area contributed by atoms with Gasteiger partial charge < -0.3 is 15.5 Å². The summed E-state index contributed by atoms with van der Waals surface area (Å²) in [6.07, 6.45) is 0. The van der Waals surface area contributed by atoms with Gasteiger partial charge in [-0.15, -0.1) is 0 Å². The molecule has 1 rings (SSSR count). The van der Waals surface area contributed by atoms with Crippen molar-refractivity contribution in [2.24, 2.45) is 0 Å². The topological polar surface area (TPSA) is 44.4 Å². The van der Waals surface area contributed by atoms with Crippen molar-refractivity contribution in [1.82, 2.24) is 10.6 Å². The summed E-state index contributed by atoms with van der Waals surface area (Å²) in [4.78, 5) is 13.8. The normalized spacial score (nSPS) is 10.7. The molecule has 1 aromatic carbocycles. The number of hydrogen-bond donors (Lipinski definition) is 2. The highest BCUT2D eigenvalue weighted by Crippen LogP contribution is 2.23. The number of likely N-dealkylation sites (N-methyl/N-ethyl adjacent to an activating group) is 1. The lowest BCUT2D eigenvalue weighted by Crippen LogP contribution is -2.40. The molecular formula is C15H24FN3O. The van der Waals surface area contributed by atoms with Gasteiger partial charge in [0.15, 0.2) is 0 Å². The third-order valence-corrected chi connectivity index (χ3v) is 2.95. The molecule has 0 saturated carbocycles. The zero-order valence-electron chi connectivity index (χ0n) is 12.7. The van der Waals surface area contributed by atoms with Crippen LogP contribution in [0.1, 0.15) is 26.3 Å². The van der Waals surface area contributed by atoms with E-state index in [-0.39, 0.29) is 24.3 Å². The zero-order chi connectivity index (χ0) is 15.1. The highest BCUT2D eigenvalue weighted by molar-refractivity contribution is 5.81. The zero-order valence-corrected chi connectivity index (χ0v) is 12.7. The summed E-state index contributed by atoms with van der Waals surface area (Å²) in [5.41, 5.74) is 1.36. The van der Waals surface area contributed by atoms with Crippen LogP contribution in [0.3, 0.4) is 0 Å². The van der Waals surface area contributed by atoms with Crippen LogP contribution in [-0.2, 0) is 11.3 Å². The predicted octanol–water partition coefficient (Wildman–Crippen LogP) is 1.90. The summed E-state index contributed by atoms with van der Waals surface area (Å²) in [6, 6.07) is 5.07. The molecule has 0 saturated heterocycles. The molecule has 5 heteroatoms. The fourth-order valence-electron chi connectivity index (χ4n) is 2.10. The molecule has 2 N–H and O–H groups in total. The maximum Gasteiger partial charge on any atom is 0.239 e. The summed E-state index contributed by atoms with van der Waals surface area (Å²) in [5.74, 6) is -0.305. The number of halogens is 1. The van der Waals surface area contributed by atoms with E-state index in [0.29, 0.717) is 18.7 Å². The SMILES string of the molecule is CCN(CC(=O)NC(C)C)c1cccc(F)c1CNC. The van der Waals surface area contributed by atoms with Gasteiger partial charge in [0, 0.05) is 30.4 Å². The second-order valence-corrected chi connectivity index (χ2v) is 5.00. The minimum Gasteiger partial charge on any atom is -0.362 e. The smallest absolute Gasteiger partial charge is 0.239 e. The molecule has 1 aromatic rings. The van der Waals surface area contributed by atoms with Crippen molar-refractivity contribution in [1.29, 1.82) is 0 Å². The van der Waals surface area contributed by atoms with Gasteiger partial charge in [-0.1, -0.05) is 6.07 Å². The van der Waals surface area contributed by atoms with Crippen LogP contribution in [0.5, 0.6) is 0 Å². The molecule has 0 aliphatic carbocycles. The Balaban J connectivity index is 2.94. The van der Waals surface area contributed by atoms with Gasteiger partial charge in [-0.2, -0.15) is 0 Å². The lowest BCUT2D eigenvalue weighted by molar-refractivity contribution is -0.120. The number of hydrogen-bond acceptors (Lipinski definition) is 3. The number of carbonyl (C=O) groups excluding carboxylic acids is 1. The Morgan fingerprint density at radius 3 is 2.65 bits per heavy atom. The molecule has 0 aromatic heterocycles. The molecule has 4 nitrogen and oxygen atoms in total. The van der Waals surface area contributed by atoms with Gasteiger partial charge in [-0.05, 0) is 40.0 Å². The second kappa shape index (κ2) is 7.85. The van der Waals surface area contributed by atoms with E-state index >= 15 is 0 Å². The van der Waals surface area contributed by atoms with E-state index in [1.807, 2.05) is 31.7 Å². The predicted molar refractivity (Wildman–Crippen MR) is 80.3 cm³/mol. The summed E-state index contributed by atoms with van der Waals surface area (Å²) >= 11 is 0. The summed E-state index contributed by atoms with van der Waals surface area (Å²) in [5, 5.41) is 5.82. The van der Waals surface area contributed by atoms with Crippen LogP contribution in [0.2, 0.25) is 0 Å². The standard InChI is InChI=1S/C15H24FN3O/c1-5-19(10-15(20)18-11(2)3)14-8-6-7-13(16)12(14)9-17-4/h6-8,11,17H,5,9-10H2,1-4H3,(H,18,20). The average Bonchev–Trinajstić information content (AvgIpc) is 2.38.